The average Bonchev–Trinajstić information content (AvgIpc) is 2.49. The van der Waals surface area contributed by atoms with Crippen molar-refractivity contribution >= 4 is 15.9 Å². The Morgan fingerprint density at radius 3 is 2.43 bits per heavy atom. The lowest BCUT2D eigenvalue weighted by Gasteiger charge is -2.17. The van der Waals surface area contributed by atoms with E-state index in [0.717, 1.165) is 4.47 Å². The van der Waals surface area contributed by atoms with Gasteiger partial charge in [-0.3, -0.25) is 0 Å². The highest BCUT2D eigenvalue weighted by Crippen LogP contribution is 2.36. The number of rotatable bonds is 5. The van der Waals surface area contributed by atoms with Crippen LogP contribution >= 0.6 is 15.9 Å². The predicted octanol–water partition coefficient (Wildman–Crippen LogP) is 3.88. The Hall–Kier alpha value is -1.59. The molecule has 0 aliphatic rings. The molecule has 0 spiro atoms. The molecule has 0 fully saturated rings. The lowest BCUT2D eigenvalue weighted by molar-refractivity contribution is 0.172. The molecular formula is C16H16BrFO3. The van der Waals surface area contributed by atoms with Gasteiger partial charge in [-0.15, -0.1) is 0 Å². The molecule has 0 bridgehead atoms. The zero-order valence-corrected chi connectivity index (χ0v) is 13.4. The molecule has 0 saturated heterocycles. The summed E-state index contributed by atoms with van der Waals surface area (Å²) in [6, 6.07) is 9.80. The Bertz CT molecular complexity index is 631. The van der Waals surface area contributed by atoms with Crippen molar-refractivity contribution in [2.45, 2.75) is 12.5 Å². The van der Waals surface area contributed by atoms with Crippen LogP contribution in [-0.4, -0.2) is 19.3 Å². The summed E-state index contributed by atoms with van der Waals surface area (Å²) < 4.78 is 24.9. The summed E-state index contributed by atoms with van der Waals surface area (Å²) in [7, 11) is 3.06. The first-order valence-corrected chi connectivity index (χ1v) is 7.19. The average molecular weight is 355 g/mol. The van der Waals surface area contributed by atoms with Crippen LogP contribution in [0.2, 0.25) is 0 Å². The molecule has 5 heteroatoms. The molecule has 112 valence electrons. The zero-order valence-electron chi connectivity index (χ0n) is 11.8. The SMILES string of the molecule is COc1cc(C(O)Cc2ccccc2F)c(OC)cc1Br. The Balaban J connectivity index is 2.34. The first-order chi connectivity index (χ1) is 10.1. The highest BCUT2D eigenvalue weighted by atomic mass is 79.9. The van der Waals surface area contributed by atoms with Crippen molar-refractivity contribution < 1.29 is 19.0 Å². The van der Waals surface area contributed by atoms with E-state index in [4.69, 9.17) is 9.47 Å². The molecule has 2 aromatic rings. The lowest BCUT2D eigenvalue weighted by atomic mass is 10.00. The van der Waals surface area contributed by atoms with Crippen LogP contribution in [0, 0.1) is 5.82 Å². The molecule has 3 nitrogen and oxygen atoms in total. The predicted molar refractivity (Wildman–Crippen MR) is 82.3 cm³/mol. The van der Waals surface area contributed by atoms with Crippen LogP contribution in [0.25, 0.3) is 0 Å². The first-order valence-electron chi connectivity index (χ1n) is 6.39. The number of aliphatic hydroxyl groups excluding tert-OH is 1. The summed E-state index contributed by atoms with van der Waals surface area (Å²) in [6.45, 7) is 0. The van der Waals surface area contributed by atoms with E-state index in [1.165, 1.54) is 13.2 Å². The summed E-state index contributed by atoms with van der Waals surface area (Å²) in [5, 5.41) is 10.4. The first kappa shape index (κ1) is 15.8. The van der Waals surface area contributed by atoms with Crippen molar-refractivity contribution in [2.75, 3.05) is 14.2 Å². The van der Waals surface area contributed by atoms with Gasteiger partial charge in [-0.2, -0.15) is 0 Å². The molecule has 0 heterocycles. The fourth-order valence-corrected chi connectivity index (χ4v) is 2.61. The molecule has 21 heavy (non-hydrogen) atoms. The number of halogens is 2. The van der Waals surface area contributed by atoms with Gasteiger partial charge in [0.15, 0.2) is 0 Å². The van der Waals surface area contributed by atoms with Crippen LogP contribution in [-0.2, 0) is 6.42 Å². The van der Waals surface area contributed by atoms with E-state index >= 15 is 0 Å². The van der Waals surface area contributed by atoms with Gasteiger partial charge in [0.1, 0.15) is 17.3 Å². The van der Waals surface area contributed by atoms with E-state index < -0.39 is 6.10 Å². The highest BCUT2D eigenvalue weighted by molar-refractivity contribution is 9.10. The number of methoxy groups -OCH3 is 2. The summed E-state index contributed by atoms with van der Waals surface area (Å²) in [4.78, 5) is 0. The van der Waals surface area contributed by atoms with Crippen molar-refractivity contribution in [2.24, 2.45) is 0 Å². The number of benzene rings is 2. The van der Waals surface area contributed by atoms with Crippen molar-refractivity contribution in [1.29, 1.82) is 0 Å². The van der Waals surface area contributed by atoms with Crippen LogP contribution in [0.3, 0.4) is 0 Å². The fourth-order valence-electron chi connectivity index (χ4n) is 2.13. The third kappa shape index (κ3) is 3.54. The molecule has 1 unspecified atom stereocenters. The van der Waals surface area contributed by atoms with Gasteiger partial charge in [0.2, 0.25) is 0 Å². The van der Waals surface area contributed by atoms with Crippen molar-refractivity contribution in [3.63, 3.8) is 0 Å². The second-order valence-electron chi connectivity index (χ2n) is 4.54. The van der Waals surface area contributed by atoms with Gasteiger partial charge >= 0.3 is 0 Å². The Kier molecular flexibility index (Phi) is 5.20. The van der Waals surface area contributed by atoms with Gasteiger partial charge in [0, 0.05) is 12.0 Å². The number of hydrogen-bond acceptors (Lipinski definition) is 3. The summed E-state index contributed by atoms with van der Waals surface area (Å²) >= 11 is 3.36. The van der Waals surface area contributed by atoms with E-state index in [9.17, 15) is 9.50 Å². The number of ether oxygens (including phenoxy) is 2. The second kappa shape index (κ2) is 6.91. The summed E-state index contributed by atoms with van der Waals surface area (Å²) in [5.41, 5.74) is 1.01. The van der Waals surface area contributed by atoms with Gasteiger partial charge in [-0.1, -0.05) is 18.2 Å². The maximum absolute atomic E-state index is 13.7. The molecule has 0 saturated carbocycles. The second-order valence-corrected chi connectivity index (χ2v) is 5.39. The van der Waals surface area contributed by atoms with Crippen LogP contribution in [0.1, 0.15) is 17.2 Å². The minimum atomic E-state index is -0.890. The van der Waals surface area contributed by atoms with E-state index in [2.05, 4.69) is 15.9 Å². The number of hydrogen-bond donors (Lipinski definition) is 1. The smallest absolute Gasteiger partial charge is 0.133 e. The maximum atomic E-state index is 13.7. The Morgan fingerprint density at radius 2 is 1.81 bits per heavy atom. The standard InChI is InChI=1S/C16H16BrFO3/c1-20-15-9-12(17)16(21-2)8-11(15)14(19)7-10-5-3-4-6-13(10)18/h3-6,8-9,14,19H,7H2,1-2H3. The largest absolute Gasteiger partial charge is 0.496 e. The topological polar surface area (TPSA) is 38.7 Å². The Morgan fingerprint density at radius 1 is 1.14 bits per heavy atom. The van der Waals surface area contributed by atoms with E-state index in [1.807, 2.05) is 0 Å². The highest BCUT2D eigenvalue weighted by Gasteiger charge is 2.18. The molecular weight excluding hydrogens is 339 g/mol. The van der Waals surface area contributed by atoms with Crippen LogP contribution in [0.15, 0.2) is 40.9 Å². The molecule has 1 N–H and O–H groups in total. The summed E-state index contributed by atoms with van der Waals surface area (Å²) in [5.74, 6) is 0.768. The van der Waals surface area contributed by atoms with Gasteiger partial charge in [-0.25, -0.2) is 4.39 Å². The molecule has 1 atom stereocenters. The van der Waals surface area contributed by atoms with Crippen molar-refractivity contribution in [1.82, 2.24) is 0 Å². The summed E-state index contributed by atoms with van der Waals surface area (Å²) in [6.07, 6.45) is -0.729. The fraction of sp³-hybridized carbons (Fsp3) is 0.250. The van der Waals surface area contributed by atoms with E-state index in [0.29, 0.717) is 22.6 Å². The number of aliphatic hydroxyl groups is 1. The normalized spacial score (nSPS) is 12.0. The molecule has 0 radical (unpaired) electrons. The van der Waals surface area contributed by atoms with Crippen LogP contribution in [0.4, 0.5) is 4.39 Å². The molecule has 0 aliphatic heterocycles. The van der Waals surface area contributed by atoms with Crippen LogP contribution < -0.4 is 9.47 Å². The van der Waals surface area contributed by atoms with Crippen molar-refractivity contribution in [3.8, 4) is 11.5 Å². The molecule has 2 rings (SSSR count). The molecule has 2 aromatic carbocycles. The molecule has 0 amide bonds. The minimum absolute atomic E-state index is 0.161. The maximum Gasteiger partial charge on any atom is 0.133 e. The van der Waals surface area contributed by atoms with Gasteiger partial charge in [0.25, 0.3) is 0 Å². The molecule has 0 aromatic heterocycles. The minimum Gasteiger partial charge on any atom is -0.496 e. The zero-order chi connectivity index (χ0) is 15.4. The third-order valence-electron chi connectivity index (χ3n) is 3.23. The Labute approximate surface area is 131 Å². The third-order valence-corrected chi connectivity index (χ3v) is 3.85. The van der Waals surface area contributed by atoms with Crippen LogP contribution in [0.5, 0.6) is 11.5 Å². The monoisotopic (exact) mass is 354 g/mol. The van der Waals surface area contributed by atoms with E-state index in [-0.39, 0.29) is 12.2 Å². The van der Waals surface area contributed by atoms with Gasteiger partial charge in [-0.05, 0) is 39.7 Å². The quantitative estimate of drug-likeness (QED) is 0.885. The lowest BCUT2D eigenvalue weighted by Crippen LogP contribution is -2.06. The van der Waals surface area contributed by atoms with Gasteiger partial charge < -0.3 is 14.6 Å². The van der Waals surface area contributed by atoms with Crippen molar-refractivity contribution in [3.05, 3.63) is 57.8 Å². The van der Waals surface area contributed by atoms with Gasteiger partial charge in [0.05, 0.1) is 24.8 Å². The van der Waals surface area contributed by atoms with E-state index in [1.54, 1.807) is 37.4 Å². The molecule has 0 aliphatic carbocycles.